The van der Waals surface area contributed by atoms with Crippen LogP contribution in [0.5, 0.6) is 5.75 Å². The first-order chi connectivity index (χ1) is 12.6. The van der Waals surface area contributed by atoms with E-state index in [-0.39, 0.29) is 11.8 Å². The summed E-state index contributed by atoms with van der Waals surface area (Å²) >= 11 is 0. The smallest absolute Gasteiger partial charge is 0.265 e. The summed E-state index contributed by atoms with van der Waals surface area (Å²) in [4.78, 5) is 26.7. The lowest BCUT2D eigenvalue weighted by Gasteiger charge is -2.27. The number of morpholine rings is 1. The number of carbonyl (C=O) groups is 2. The summed E-state index contributed by atoms with van der Waals surface area (Å²) in [5, 5.41) is 2.80. The largest absolute Gasteiger partial charge is 0.481 e. The van der Waals surface area contributed by atoms with Crippen molar-refractivity contribution < 1.29 is 19.1 Å². The van der Waals surface area contributed by atoms with Gasteiger partial charge in [-0.1, -0.05) is 24.3 Å². The highest BCUT2D eigenvalue weighted by molar-refractivity contribution is 5.98. The molecule has 2 aromatic carbocycles. The van der Waals surface area contributed by atoms with E-state index in [2.05, 4.69) is 5.32 Å². The van der Waals surface area contributed by atoms with E-state index in [1.54, 1.807) is 48.2 Å². The summed E-state index contributed by atoms with van der Waals surface area (Å²) in [6, 6.07) is 16.1. The molecule has 3 rings (SSSR count). The molecule has 1 fully saturated rings. The third-order valence-electron chi connectivity index (χ3n) is 4.10. The quantitative estimate of drug-likeness (QED) is 0.896. The molecule has 1 saturated heterocycles. The molecule has 2 aromatic rings. The van der Waals surface area contributed by atoms with Crippen LogP contribution in [0, 0.1) is 0 Å². The molecule has 0 bridgehead atoms. The highest BCUT2D eigenvalue weighted by Crippen LogP contribution is 2.16. The van der Waals surface area contributed by atoms with E-state index in [1.807, 2.05) is 18.2 Å². The van der Waals surface area contributed by atoms with Gasteiger partial charge >= 0.3 is 0 Å². The Balaban J connectivity index is 1.62. The van der Waals surface area contributed by atoms with E-state index in [0.29, 0.717) is 43.3 Å². The number of para-hydroxylation sites is 1. The van der Waals surface area contributed by atoms with Crippen LogP contribution in [0.2, 0.25) is 0 Å². The Kier molecular flexibility index (Phi) is 5.86. The van der Waals surface area contributed by atoms with Crippen molar-refractivity contribution in [3.63, 3.8) is 0 Å². The summed E-state index contributed by atoms with van der Waals surface area (Å²) in [5.41, 5.74) is 1.11. The highest BCUT2D eigenvalue weighted by atomic mass is 16.5. The molecule has 1 aliphatic heterocycles. The van der Waals surface area contributed by atoms with E-state index < -0.39 is 6.10 Å². The number of benzene rings is 2. The summed E-state index contributed by atoms with van der Waals surface area (Å²) in [5.74, 6) is 0.300. The summed E-state index contributed by atoms with van der Waals surface area (Å²) in [6.07, 6.45) is -0.656. The molecule has 1 aliphatic rings. The first kappa shape index (κ1) is 17.9. The fourth-order valence-electron chi connectivity index (χ4n) is 2.68. The molecule has 6 nitrogen and oxygen atoms in total. The van der Waals surface area contributed by atoms with Crippen molar-refractivity contribution in [2.75, 3.05) is 31.6 Å². The van der Waals surface area contributed by atoms with Crippen LogP contribution < -0.4 is 10.1 Å². The molecule has 6 heteroatoms. The lowest BCUT2D eigenvalue weighted by molar-refractivity contribution is -0.122. The van der Waals surface area contributed by atoms with Crippen LogP contribution in [0.1, 0.15) is 17.3 Å². The zero-order valence-corrected chi connectivity index (χ0v) is 14.7. The first-order valence-electron chi connectivity index (χ1n) is 8.63. The third-order valence-corrected chi connectivity index (χ3v) is 4.10. The van der Waals surface area contributed by atoms with Crippen molar-refractivity contribution in [2.24, 2.45) is 0 Å². The molecule has 0 radical (unpaired) electrons. The maximum Gasteiger partial charge on any atom is 0.265 e. The van der Waals surface area contributed by atoms with Crippen LogP contribution in [-0.4, -0.2) is 49.1 Å². The number of hydrogen-bond donors (Lipinski definition) is 1. The average Bonchev–Trinajstić information content (AvgIpc) is 2.69. The van der Waals surface area contributed by atoms with Gasteiger partial charge in [-0.25, -0.2) is 0 Å². The molecule has 26 heavy (non-hydrogen) atoms. The highest BCUT2D eigenvalue weighted by Gasteiger charge is 2.19. The number of anilines is 1. The van der Waals surface area contributed by atoms with Gasteiger partial charge in [-0.15, -0.1) is 0 Å². The van der Waals surface area contributed by atoms with Gasteiger partial charge in [0.1, 0.15) is 5.75 Å². The van der Waals surface area contributed by atoms with E-state index in [4.69, 9.17) is 9.47 Å². The van der Waals surface area contributed by atoms with Gasteiger partial charge in [-0.3, -0.25) is 9.59 Å². The van der Waals surface area contributed by atoms with E-state index in [1.165, 1.54) is 0 Å². The molecule has 0 unspecified atom stereocenters. The van der Waals surface area contributed by atoms with Gasteiger partial charge in [0.05, 0.1) is 13.2 Å². The molecule has 1 heterocycles. The van der Waals surface area contributed by atoms with Crippen LogP contribution in [0.4, 0.5) is 5.69 Å². The Hall–Kier alpha value is -2.86. The van der Waals surface area contributed by atoms with Gasteiger partial charge in [0, 0.05) is 24.3 Å². The van der Waals surface area contributed by atoms with Crippen molar-refractivity contribution >= 4 is 17.5 Å². The van der Waals surface area contributed by atoms with Gasteiger partial charge in [-0.2, -0.15) is 0 Å². The Labute approximate surface area is 152 Å². The maximum atomic E-state index is 12.5. The van der Waals surface area contributed by atoms with E-state index in [9.17, 15) is 9.59 Å². The van der Waals surface area contributed by atoms with E-state index in [0.717, 1.165) is 0 Å². The maximum absolute atomic E-state index is 12.5. The molecule has 0 spiro atoms. The Morgan fingerprint density at radius 2 is 1.81 bits per heavy atom. The molecule has 136 valence electrons. The minimum absolute atomic E-state index is 0.0574. The van der Waals surface area contributed by atoms with Crippen molar-refractivity contribution in [3.05, 3.63) is 60.2 Å². The van der Waals surface area contributed by atoms with Crippen molar-refractivity contribution in [3.8, 4) is 5.75 Å². The zero-order chi connectivity index (χ0) is 18.4. The SMILES string of the molecule is C[C@H](Oc1ccccc1)C(=O)Nc1cccc(C(=O)N2CCOCC2)c1. The molecule has 2 amide bonds. The van der Waals surface area contributed by atoms with Crippen LogP contribution in [0.15, 0.2) is 54.6 Å². The van der Waals surface area contributed by atoms with Crippen LogP contribution in [-0.2, 0) is 9.53 Å². The van der Waals surface area contributed by atoms with Crippen molar-refractivity contribution in [2.45, 2.75) is 13.0 Å². The topological polar surface area (TPSA) is 67.9 Å². The molecular weight excluding hydrogens is 332 g/mol. The van der Waals surface area contributed by atoms with Gasteiger partial charge < -0.3 is 19.7 Å². The number of nitrogens with zero attached hydrogens (tertiary/aromatic N) is 1. The standard InChI is InChI=1S/C20H22N2O4/c1-15(26-18-8-3-2-4-9-18)19(23)21-17-7-5-6-16(14-17)20(24)22-10-12-25-13-11-22/h2-9,14-15H,10-13H2,1H3,(H,21,23)/t15-/m0/s1. The number of hydrogen-bond acceptors (Lipinski definition) is 4. The molecule has 0 aromatic heterocycles. The van der Waals surface area contributed by atoms with E-state index >= 15 is 0 Å². The summed E-state index contributed by atoms with van der Waals surface area (Å²) < 4.78 is 10.9. The van der Waals surface area contributed by atoms with Gasteiger partial charge in [0.2, 0.25) is 0 Å². The van der Waals surface area contributed by atoms with Gasteiger partial charge in [0.15, 0.2) is 6.10 Å². The Morgan fingerprint density at radius 1 is 1.08 bits per heavy atom. The normalized spacial score (nSPS) is 15.2. The second-order valence-electron chi connectivity index (χ2n) is 6.05. The first-order valence-corrected chi connectivity index (χ1v) is 8.63. The van der Waals surface area contributed by atoms with Crippen LogP contribution >= 0.6 is 0 Å². The number of carbonyl (C=O) groups excluding carboxylic acids is 2. The predicted octanol–water partition coefficient (Wildman–Crippen LogP) is 2.57. The van der Waals surface area contributed by atoms with Gasteiger partial charge in [-0.05, 0) is 37.3 Å². The fourth-order valence-corrected chi connectivity index (χ4v) is 2.68. The fraction of sp³-hybridized carbons (Fsp3) is 0.300. The van der Waals surface area contributed by atoms with Crippen molar-refractivity contribution in [1.29, 1.82) is 0 Å². The number of nitrogens with one attached hydrogen (secondary N) is 1. The Morgan fingerprint density at radius 3 is 2.54 bits per heavy atom. The number of rotatable bonds is 5. The summed E-state index contributed by atoms with van der Waals surface area (Å²) in [6.45, 7) is 3.95. The predicted molar refractivity (Wildman–Crippen MR) is 98.3 cm³/mol. The van der Waals surface area contributed by atoms with Crippen LogP contribution in [0.25, 0.3) is 0 Å². The second-order valence-corrected chi connectivity index (χ2v) is 6.05. The Bertz CT molecular complexity index is 757. The summed E-state index contributed by atoms with van der Waals surface area (Å²) in [7, 11) is 0. The lowest BCUT2D eigenvalue weighted by Crippen LogP contribution is -2.40. The molecule has 1 N–H and O–H groups in total. The van der Waals surface area contributed by atoms with Gasteiger partial charge in [0.25, 0.3) is 11.8 Å². The third kappa shape index (κ3) is 4.61. The minimum Gasteiger partial charge on any atom is -0.481 e. The monoisotopic (exact) mass is 354 g/mol. The number of ether oxygens (including phenoxy) is 2. The van der Waals surface area contributed by atoms with Crippen molar-refractivity contribution in [1.82, 2.24) is 4.90 Å². The second kappa shape index (κ2) is 8.49. The lowest BCUT2D eigenvalue weighted by atomic mass is 10.1. The minimum atomic E-state index is -0.656. The molecule has 0 saturated carbocycles. The molecule has 0 aliphatic carbocycles. The number of amides is 2. The zero-order valence-electron chi connectivity index (χ0n) is 14.7. The molecule has 1 atom stereocenters. The molecular formula is C20H22N2O4. The average molecular weight is 354 g/mol. The van der Waals surface area contributed by atoms with Crippen LogP contribution in [0.3, 0.4) is 0 Å².